The molecule has 0 aliphatic heterocycles. The van der Waals surface area contributed by atoms with Gasteiger partial charge < -0.3 is 9.84 Å². The van der Waals surface area contributed by atoms with Crippen molar-refractivity contribution >= 4 is 5.69 Å². The van der Waals surface area contributed by atoms with Gasteiger partial charge in [-0.05, 0) is 23.4 Å². The molecular weight excluding hydrogens is 260 g/mol. The maximum Gasteiger partial charge on any atom is 0.258 e. The number of benzene rings is 1. The Morgan fingerprint density at radius 2 is 2.15 bits per heavy atom. The lowest BCUT2D eigenvalue weighted by molar-refractivity contribution is 0.299. The van der Waals surface area contributed by atoms with Crippen LogP contribution in [0.5, 0.6) is 5.75 Å². The smallest absolute Gasteiger partial charge is 0.258 e. The monoisotopic (exact) mass is 274 g/mol. The van der Waals surface area contributed by atoms with Gasteiger partial charge in [0.25, 0.3) is 5.56 Å². The minimum Gasteiger partial charge on any atom is -0.494 e. The molecule has 0 fully saturated rings. The summed E-state index contributed by atoms with van der Waals surface area (Å²) in [5.41, 5.74) is 1.02. The van der Waals surface area contributed by atoms with E-state index in [0.717, 1.165) is 0 Å². The lowest BCUT2D eigenvalue weighted by Crippen LogP contribution is -2.22. The van der Waals surface area contributed by atoms with Gasteiger partial charge in [-0.25, -0.2) is 0 Å². The fourth-order valence-corrected chi connectivity index (χ4v) is 1.96. The van der Waals surface area contributed by atoms with Gasteiger partial charge in [0.2, 0.25) is 0 Å². The molecule has 0 saturated heterocycles. The van der Waals surface area contributed by atoms with Crippen molar-refractivity contribution in [1.29, 1.82) is 0 Å². The van der Waals surface area contributed by atoms with Crippen molar-refractivity contribution in [1.82, 2.24) is 4.57 Å². The summed E-state index contributed by atoms with van der Waals surface area (Å²) in [6.07, 6.45) is 1.89. The molecule has 1 N–H and O–H groups in total. The van der Waals surface area contributed by atoms with Crippen LogP contribution in [0.15, 0.2) is 46.5 Å². The third-order valence-corrected chi connectivity index (χ3v) is 2.94. The Morgan fingerprint density at radius 3 is 2.80 bits per heavy atom. The van der Waals surface area contributed by atoms with E-state index in [2.05, 4.69) is 5.18 Å². The first-order valence-corrected chi connectivity index (χ1v) is 6.04. The van der Waals surface area contributed by atoms with Crippen molar-refractivity contribution in [3.63, 3.8) is 0 Å². The maximum absolute atomic E-state index is 12.3. The summed E-state index contributed by atoms with van der Waals surface area (Å²) in [4.78, 5) is 22.8. The van der Waals surface area contributed by atoms with Gasteiger partial charge >= 0.3 is 0 Å². The molecule has 0 saturated carbocycles. The number of pyridine rings is 1. The molecule has 2 rings (SSSR count). The molecule has 0 amide bonds. The number of nitrogens with zero attached hydrogens (tertiary/aromatic N) is 2. The van der Waals surface area contributed by atoms with Crippen molar-refractivity contribution in [2.75, 3.05) is 13.7 Å². The van der Waals surface area contributed by atoms with Crippen LogP contribution < -0.4 is 10.3 Å². The van der Waals surface area contributed by atoms with Crippen molar-refractivity contribution in [3.8, 4) is 11.4 Å². The van der Waals surface area contributed by atoms with E-state index in [0.29, 0.717) is 17.0 Å². The summed E-state index contributed by atoms with van der Waals surface area (Å²) in [5.74, 6) is 0.380. The van der Waals surface area contributed by atoms with Crippen molar-refractivity contribution in [3.05, 3.63) is 57.4 Å². The predicted octanol–water partition coefficient (Wildman–Crippen LogP) is 1.78. The second kappa shape index (κ2) is 6.12. The first-order chi connectivity index (χ1) is 9.71. The molecule has 0 aliphatic rings. The summed E-state index contributed by atoms with van der Waals surface area (Å²) in [5, 5.41) is 11.8. The second-order valence-corrected chi connectivity index (χ2v) is 4.13. The van der Waals surface area contributed by atoms with Gasteiger partial charge in [0, 0.05) is 30.9 Å². The number of hydrogen-bond donors (Lipinski definition) is 1. The van der Waals surface area contributed by atoms with E-state index in [4.69, 9.17) is 9.84 Å². The quantitative estimate of drug-likeness (QED) is 0.843. The molecule has 1 aromatic carbocycles. The Bertz CT molecular complexity index is 679. The highest BCUT2D eigenvalue weighted by molar-refractivity contribution is 5.55. The van der Waals surface area contributed by atoms with Gasteiger partial charge in [0.1, 0.15) is 11.4 Å². The fraction of sp³-hybridized carbons (Fsp3) is 0.214. The Balaban J connectivity index is 2.59. The van der Waals surface area contributed by atoms with Crippen LogP contribution in [-0.4, -0.2) is 23.4 Å². The zero-order valence-corrected chi connectivity index (χ0v) is 10.9. The third kappa shape index (κ3) is 2.60. The van der Waals surface area contributed by atoms with E-state index < -0.39 is 0 Å². The molecule has 0 unspecified atom stereocenters. The Kier molecular flexibility index (Phi) is 4.27. The van der Waals surface area contributed by atoms with Crippen LogP contribution in [0.1, 0.15) is 5.56 Å². The number of hydrogen-bond acceptors (Lipinski definition) is 5. The van der Waals surface area contributed by atoms with Gasteiger partial charge in [0.15, 0.2) is 0 Å². The summed E-state index contributed by atoms with van der Waals surface area (Å²) in [6, 6.07) is 7.96. The summed E-state index contributed by atoms with van der Waals surface area (Å²) in [7, 11) is 1.45. The van der Waals surface area contributed by atoms with Crippen LogP contribution >= 0.6 is 0 Å². The molecule has 2 aromatic rings. The highest BCUT2D eigenvalue weighted by Gasteiger charge is 2.10. The minimum absolute atomic E-state index is 0.0929. The molecule has 6 heteroatoms. The van der Waals surface area contributed by atoms with Gasteiger partial charge in [-0.1, -0.05) is 6.07 Å². The predicted molar refractivity (Wildman–Crippen MR) is 74.8 cm³/mol. The fourth-order valence-electron chi connectivity index (χ4n) is 1.96. The lowest BCUT2D eigenvalue weighted by Gasteiger charge is -2.12. The second-order valence-electron chi connectivity index (χ2n) is 4.13. The van der Waals surface area contributed by atoms with E-state index in [-0.39, 0.29) is 24.3 Å². The summed E-state index contributed by atoms with van der Waals surface area (Å²) in [6.45, 7) is -0.0929. The molecule has 0 atom stereocenters. The molecule has 1 aromatic heterocycles. The molecule has 0 bridgehead atoms. The largest absolute Gasteiger partial charge is 0.494 e. The van der Waals surface area contributed by atoms with Gasteiger partial charge in [-0.15, -0.1) is 4.91 Å². The first kappa shape index (κ1) is 14.0. The molecule has 0 spiro atoms. The number of ether oxygens (including phenoxy) is 1. The topological polar surface area (TPSA) is 80.9 Å². The normalized spacial score (nSPS) is 10.3. The van der Waals surface area contributed by atoms with Crippen LogP contribution in [0, 0.1) is 4.91 Å². The van der Waals surface area contributed by atoms with Crippen LogP contribution in [0.25, 0.3) is 5.69 Å². The SMILES string of the molecule is COc1cc(N=O)ccc1-n1cccc(CCO)c1=O. The number of aliphatic hydroxyl groups excluding tert-OH is 1. The number of rotatable bonds is 5. The standard InChI is InChI=1S/C14H14N2O4/c1-20-13-9-11(15-19)4-5-12(13)16-7-2-3-10(6-8-17)14(16)18/h2-5,7,9,17H,6,8H2,1H3. The molecule has 6 nitrogen and oxygen atoms in total. The minimum atomic E-state index is -0.230. The van der Waals surface area contributed by atoms with Crippen LogP contribution in [0.4, 0.5) is 5.69 Å². The van der Waals surface area contributed by atoms with Crippen LogP contribution in [0.3, 0.4) is 0 Å². The van der Waals surface area contributed by atoms with E-state index in [1.165, 1.54) is 23.8 Å². The van der Waals surface area contributed by atoms with Gasteiger partial charge in [-0.2, -0.15) is 0 Å². The Hall–Kier alpha value is -2.47. The lowest BCUT2D eigenvalue weighted by atomic mass is 10.2. The summed E-state index contributed by atoms with van der Waals surface area (Å²) < 4.78 is 6.60. The molecule has 0 aliphatic carbocycles. The average molecular weight is 274 g/mol. The number of aromatic nitrogens is 1. The first-order valence-electron chi connectivity index (χ1n) is 6.04. The molecular formula is C14H14N2O4. The maximum atomic E-state index is 12.3. The summed E-state index contributed by atoms with van der Waals surface area (Å²) >= 11 is 0. The molecule has 1 heterocycles. The molecule has 20 heavy (non-hydrogen) atoms. The highest BCUT2D eigenvalue weighted by atomic mass is 16.5. The zero-order valence-electron chi connectivity index (χ0n) is 10.9. The van der Waals surface area contributed by atoms with Crippen molar-refractivity contribution < 1.29 is 9.84 Å². The van der Waals surface area contributed by atoms with Gasteiger partial charge in [0.05, 0.1) is 12.8 Å². The highest BCUT2D eigenvalue weighted by Crippen LogP contribution is 2.27. The number of nitroso groups, excluding NO2 is 1. The average Bonchev–Trinajstić information content (AvgIpc) is 2.49. The Morgan fingerprint density at radius 1 is 1.35 bits per heavy atom. The van der Waals surface area contributed by atoms with Gasteiger partial charge in [-0.3, -0.25) is 9.36 Å². The van der Waals surface area contributed by atoms with E-state index in [1.54, 1.807) is 24.4 Å². The molecule has 0 radical (unpaired) electrons. The van der Waals surface area contributed by atoms with Crippen LogP contribution in [0.2, 0.25) is 0 Å². The van der Waals surface area contributed by atoms with E-state index in [1.807, 2.05) is 0 Å². The zero-order chi connectivity index (χ0) is 14.5. The van der Waals surface area contributed by atoms with Crippen molar-refractivity contribution in [2.24, 2.45) is 5.18 Å². The number of aliphatic hydroxyl groups is 1. The van der Waals surface area contributed by atoms with Crippen molar-refractivity contribution in [2.45, 2.75) is 6.42 Å². The van der Waals surface area contributed by atoms with E-state index in [9.17, 15) is 9.70 Å². The third-order valence-electron chi connectivity index (χ3n) is 2.94. The van der Waals surface area contributed by atoms with E-state index >= 15 is 0 Å². The van der Waals surface area contributed by atoms with Crippen LogP contribution in [-0.2, 0) is 6.42 Å². The Labute approximate surface area is 115 Å². The number of methoxy groups -OCH3 is 1. The molecule has 104 valence electrons.